The fraction of sp³-hybridized carbons (Fsp3) is 0.538. The minimum atomic E-state index is 0.976. The van der Waals surface area contributed by atoms with Crippen molar-refractivity contribution in [2.45, 2.75) is 6.42 Å². The molecular formula is C13H22N2. The van der Waals surface area contributed by atoms with Crippen molar-refractivity contribution in [2.24, 2.45) is 0 Å². The van der Waals surface area contributed by atoms with Crippen molar-refractivity contribution >= 4 is 0 Å². The second kappa shape index (κ2) is 5.89. The van der Waals surface area contributed by atoms with Gasteiger partial charge in [-0.1, -0.05) is 25.8 Å². The maximum absolute atomic E-state index is 4.02. The van der Waals surface area contributed by atoms with E-state index in [2.05, 4.69) is 36.6 Å². The van der Waals surface area contributed by atoms with Crippen molar-refractivity contribution in [1.82, 2.24) is 9.80 Å². The van der Waals surface area contributed by atoms with Gasteiger partial charge in [-0.25, -0.2) is 0 Å². The van der Waals surface area contributed by atoms with Gasteiger partial charge in [-0.2, -0.15) is 0 Å². The Kier molecular flexibility index (Phi) is 4.79. The molecule has 0 aromatic carbocycles. The molecule has 0 amide bonds. The summed E-state index contributed by atoms with van der Waals surface area (Å²) in [4.78, 5) is 4.86. The van der Waals surface area contributed by atoms with Crippen LogP contribution in [0.2, 0.25) is 0 Å². The monoisotopic (exact) mass is 206 g/mol. The minimum absolute atomic E-state index is 0.976. The molecular weight excluding hydrogens is 184 g/mol. The summed E-state index contributed by atoms with van der Waals surface area (Å²) in [6.45, 7) is 17.4. The number of nitrogens with zero attached hydrogens (tertiary/aromatic N) is 2. The van der Waals surface area contributed by atoms with E-state index in [9.17, 15) is 0 Å². The highest BCUT2D eigenvalue weighted by Crippen LogP contribution is 2.12. The van der Waals surface area contributed by atoms with Crippen molar-refractivity contribution in [1.29, 1.82) is 0 Å². The quantitative estimate of drug-likeness (QED) is 0.634. The SMILES string of the molecule is C=CC(=C)C(=C)CCN1CCN(C)CC1. The summed E-state index contributed by atoms with van der Waals surface area (Å²) in [7, 11) is 2.18. The van der Waals surface area contributed by atoms with Gasteiger partial charge in [0.15, 0.2) is 0 Å². The Hall–Kier alpha value is -0.860. The first kappa shape index (κ1) is 12.2. The molecule has 0 bridgehead atoms. The highest BCUT2D eigenvalue weighted by Gasteiger charge is 2.13. The number of allylic oxidation sites excluding steroid dienone is 2. The van der Waals surface area contributed by atoms with Crippen LogP contribution in [-0.2, 0) is 0 Å². The van der Waals surface area contributed by atoms with Crippen molar-refractivity contribution in [3.63, 3.8) is 0 Å². The molecule has 0 saturated carbocycles. The largest absolute Gasteiger partial charge is 0.304 e. The van der Waals surface area contributed by atoms with E-state index in [0.29, 0.717) is 0 Å². The number of likely N-dealkylation sites (N-methyl/N-ethyl adjacent to an activating group) is 1. The van der Waals surface area contributed by atoms with Crippen LogP contribution in [-0.4, -0.2) is 49.6 Å². The van der Waals surface area contributed by atoms with Gasteiger partial charge in [0.05, 0.1) is 0 Å². The molecule has 1 aliphatic rings. The molecule has 1 saturated heterocycles. The van der Waals surface area contributed by atoms with Crippen molar-refractivity contribution in [2.75, 3.05) is 39.8 Å². The average Bonchev–Trinajstić information content (AvgIpc) is 2.26. The molecule has 0 unspecified atom stereocenters. The number of piperazine rings is 1. The Morgan fingerprint density at radius 2 is 1.80 bits per heavy atom. The lowest BCUT2D eigenvalue weighted by atomic mass is 10.1. The fourth-order valence-electron chi connectivity index (χ4n) is 1.67. The number of hydrogen-bond donors (Lipinski definition) is 0. The summed E-state index contributed by atoms with van der Waals surface area (Å²) < 4.78 is 0. The van der Waals surface area contributed by atoms with Crippen LogP contribution < -0.4 is 0 Å². The van der Waals surface area contributed by atoms with Crippen LogP contribution in [0.3, 0.4) is 0 Å². The lowest BCUT2D eigenvalue weighted by Crippen LogP contribution is -2.44. The molecule has 0 aromatic heterocycles. The van der Waals surface area contributed by atoms with E-state index < -0.39 is 0 Å². The van der Waals surface area contributed by atoms with E-state index >= 15 is 0 Å². The standard InChI is InChI=1S/C13H22N2/c1-5-12(2)13(3)6-7-15-10-8-14(4)9-11-15/h5H,1-3,6-11H2,4H3. The lowest BCUT2D eigenvalue weighted by Gasteiger charge is -2.32. The molecule has 0 atom stereocenters. The van der Waals surface area contributed by atoms with Gasteiger partial charge in [-0.05, 0) is 24.6 Å². The van der Waals surface area contributed by atoms with E-state index in [1.54, 1.807) is 6.08 Å². The Balaban J connectivity index is 2.23. The number of rotatable bonds is 5. The molecule has 2 nitrogen and oxygen atoms in total. The zero-order chi connectivity index (χ0) is 11.3. The topological polar surface area (TPSA) is 6.48 Å². The summed E-state index contributed by atoms with van der Waals surface area (Å²) >= 11 is 0. The third-order valence-corrected chi connectivity index (χ3v) is 3.03. The first-order valence-electron chi connectivity index (χ1n) is 5.54. The molecule has 0 spiro atoms. The normalized spacial score (nSPS) is 18.7. The van der Waals surface area contributed by atoms with Gasteiger partial charge in [0.1, 0.15) is 0 Å². The van der Waals surface area contributed by atoms with Gasteiger partial charge >= 0.3 is 0 Å². The molecule has 0 aliphatic carbocycles. The summed E-state index contributed by atoms with van der Waals surface area (Å²) in [5, 5.41) is 0. The predicted octanol–water partition coefficient (Wildman–Crippen LogP) is 1.92. The molecule has 1 aliphatic heterocycles. The van der Waals surface area contributed by atoms with Crippen LogP contribution in [0.1, 0.15) is 6.42 Å². The van der Waals surface area contributed by atoms with Gasteiger partial charge in [-0.15, -0.1) is 0 Å². The molecule has 0 aromatic rings. The summed E-state index contributed by atoms with van der Waals surface area (Å²) in [5.41, 5.74) is 2.09. The Morgan fingerprint density at radius 3 is 2.33 bits per heavy atom. The first-order chi connectivity index (χ1) is 7.13. The number of hydrogen-bond acceptors (Lipinski definition) is 2. The summed E-state index contributed by atoms with van der Waals surface area (Å²) in [6.07, 6.45) is 2.79. The molecule has 2 heteroatoms. The van der Waals surface area contributed by atoms with Crippen LogP contribution in [0.4, 0.5) is 0 Å². The maximum atomic E-state index is 4.02. The van der Waals surface area contributed by atoms with Crippen LogP contribution in [0.5, 0.6) is 0 Å². The van der Waals surface area contributed by atoms with Gasteiger partial charge in [-0.3, -0.25) is 0 Å². The highest BCUT2D eigenvalue weighted by molar-refractivity contribution is 5.33. The highest BCUT2D eigenvalue weighted by atomic mass is 15.2. The fourth-order valence-corrected chi connectivity index (χ4v) is 1.67. The Bertz CT molecular complexity index is 247. The van der Waals surface area contributed by atoms with Crippen LogP contribution in [0.25, 0.3) is 0 Å². The van der Waals surface area contributed by atoms with Crippen LogP contribution in [0, 0.1) is 0 Å². The Labute approximate surface area is 93.6 Å². The third kappa shape index (κ3) is 4.02. The second-order valence-corrected chi connectivity index (χ2v) is 4.23. The van der Waals surface area contributed by atoms with Gasteiger partial charge in [0.25, 0.3) is 0 Å². The second-order valence-electron chi connectivity index (χ2n) is 4.23. The van der Waals surface area contributed by atoms with Crippen molar-refractivity contribution in [3.8, 4) is 0 Å². The molecule has 15 heavy (non-hydrogen) atoms. The summed E-state index contributed by atoms with van der Waals surface area (Å²) in [6, 6.07) is 0. The van der Waals surface area contributed by atoms with E-state index in [1.807, 2.05) is 0 Å². The zero-order valence-corrected chi connectivity index (χ0v) is 9.84. The average molecular weight is 206 g/mol. The molecule has 1 heterocycles. The van der Waals surface area contributed by atoms with E-state index in [0.717, 1.165) is 24.1 Å². The molecule has 0 radical (unpaired) electrons. The minimum Gasteiger partial charge on any atom is -0.304 e. The predicted molar refractivity (Wildman–Crippen MR) is 67.0 cm³/mol. The third-order valence-electron chi connectivity index (χ3n) is 3.03. The molecule has 1 rings (SSSR count). The molecule has 84 valence electrons. The smallest absolute Gasteiger partial charge is 0.0110 e. The van der Waals surface area contributed by atoms with E-state index in [1.165, 1.54) is 26.2 Å². The van der Waals surface area contributed by atoms with E-state index in [-0.39, 0.29) is 0 Å². The van der Waals surface area contributed by atoms with Crippen LogP contribution in [0.15, 0.2) is 37.0 Å². The summed E-state index contributed by atoms with van der Waals surface area (Å²) in [5.74, 6) is 0. The van der Waals surface area contributed by atoms with Crippen molar-refractivity contribution < 1.29 is 0 Å². The van der Waals surface area contributed by atoms with Crippen molar-refractivity contribution in [3.05, 3.63) is 37.0 Å². The van der Waals surface area contributed by atoms with Gasteiger partial charge < -0.3 is 9.80 Å². The lowest BCUT2D eigenvalue weighted by molar-refractivity contribution is 0.155. The first-order valence-corrected chi connectivity index (χ1v) is 5.54. The van der Waals surface area contributed by atoms with E-state index in [4.69, 9.17) is 0 Å². The van der Waals surface area contributed by atoms with Crippen LogP contribution >= 0.6 is 0 Å². The van der Waals surface area contributed by atoms with Gasteiger partial charge in [0, 0.05) is 32.7 Å². The molecule has 0 N–H and O–H groups in total. The maximum Gasteiger partial charge on any atom is 0.0110 e. The van der Waals surface area contributed by atoms with Gasteiger partial charge in [0.2, 0.25) is 0 Å². The molecule has 1 fully saturated rings. The zero-order valence-electron chi connectivity index (χ0n) is 9.84. The Morgan fingerprint density at radius 1 is 1.20 bits per heavy atom.